The van der Waals surface area contributed by atoms with Crippen LogP contribution in [0.5, 0.6) is 0 Å². The summed E-state index contributed by atoms with van der Waals surface area (Å²) in [4.78, 5) is 11.8. The zero-order valence-corrected chi connectivity index (χ0v) is 15.1. The number of carbonyl (C=O) groups excluding carboxylic acids is 1. The van der Waals surface area contributed by atoms with Crippen LogP contribution >= 0.6 is 11.8 Å². The zero-order chi connectivity index (χ0) is 17.5. The van der Waals surface area contributed by atoms with Gasteiger partial charge in [0.2, 0.25) is 15.9 Å². The Morgan fingerprint density at radius 1 is 1.35 bits per heavy atom. The van der Waals surface area contributed by atoms with Gasteiger partial charge in [-0.2, -0.15) is 16.5 Å². The van der Waals surface area contributed by atoms with Gasteiger partial charge in [0, 0.05) is 6.04 Å². The van der Waals surface area contributed by atoms with Crippen LogP contribution in [0.1, 0.15) is 26.7 Å². The van der Waals surface area contributed by atoms with Crippen molar-refractivity contribution in [1.82, 2.24) is 10.0 Å². The quantitative estimate of drug-likeness (QED) is 0.706. The van der Waals surface area contributed by atoms with E-state index in [0.717, 1.165) is 12.5 Å². The van der Waals surface area contributed by atoms with Crippen LogP contribution in [0.25, 0.3) is 0 Å². The van der Waals surface area contributed by atoms with Gasteiger partial charge in [-0.05, 0) is 43.9 Å². The van der Waals surface area contributed by atoms with Crippen molar-refractivity contribution in [1.29, 1.82) is 0 Å². The molecular weight excluding hydrogens is 339 g/mol. The topological polar surface area (TPSA) is 75.3 Å². The van der Waals surface area contributed by atoms with E-state index in [4.69, 9.17) is 0 Å². The Morgan fingerprint density at radius 2 is 2.00 bits per heavy atom. The standard InChI is InChI=1S/C15H23FN2O3S2/c1-4-11(2)17-15(19)13(9-10-22-3)18-23(20,21)14-8-6-5-7-12(14)16/h5-8,11,13,18H,4,9-10H2,1-3H3,(H,17,19). The predicted molar refractivity (Wildman–Crippen MR) is 91.4 cm³/mol. The third-order valence-electron chi connectivity index (χ3n) is 3.35. The number of halogens is 1. The number of nitrogens with one attached hydrogen (secondary N) is 2. The number of carbonyl (C=O) groups is 1. The normalized spacial score (nSPS) is 14.3. The number of hydrogen-bond donors (Lipinski definition) is 2. The molecule has 2 N–H and O–H groups in total. The molecule has 0 aliphatic heterocycles. The van der Waals surface area contributed by atoms with Gasteiger partial charge in [-0.25, -0.2) is 12.8 Å². The van der Waals surface area contributed by atoms with Crippen molar-refractivity contribution in [2.45, 2.75) is 43.7 Å². The van der Waals surface area contributed by atoms with E-state index >= 15 is 0 Å². The first kappa shape index (κ1) is 19.9. The summed E-state index contributed by atoms with van der Waals surface area (Å²) in [6.45, 7) is 3.76. The van der Waals surface area contributed by atoms with Crippen molar-refractivity contribution in [3.63, 3.8) is 0 Å². The van der Waals surface area contributed by atoms with E-state index in [1.165, 1.54) is 30.0 Å². The molecule has 0 heterocycles. The first-order chi connectivity index (χ1) is 10.8. The molecule has 0 aliphatic rings. The van der Waals surface area contributed by atoms with Crippen molar-refractivity contribution in [3.8, 4) is 0 Å². The maximum Gasteiger partial charge on any atom is 0.244 e. The van der Waals surface area contributed by atoms with Gasteiger partial charge in [0.05, 0.1) is 0 Å². The second-order valence-electron chi connectivity index (χ2n) is 5.20. The largest absolute Gasteiger partial charge is 0.352 e. The molecule has 0 saturated heterocycles. The highest BCUT2D eigenvalue weighted by molar-refractivity contribution is 7.98. The first-order valence-corrected chi connectivity index (χ1v) is 10.3. The number of amides is 1. The number of hydrogen-bond acceptors (Lipinski definition) is 4. The fourth-order valence-corrected chi connectivity index (χ4v) is 3.62. The minimum absolute atomic E-state index is 0.0581. The number of thioether (sulfide) groups is 1. The highest BCUT2D eigenvalue weighted by atomic mass is 32.2. The molecule has 8 heteroatoms. The van der Waals surface area contributed by atoms with Crippen molar-refractivity contribution < 1.29 is 17.6 Å². The van der Waals surface area contributed by atoms with E-state index in [-0.39, 0.29) is 6.04 Å². The highest BCUT2D eigenvalue weighted by Gasteiger charge is 2.27. The van der Waals surface area contributed by atoms with E-state index in [1.807, 2.05) is 20.1 Å². The molecule has 0 aliphatic carbocycles. The molecule has 130 valence electrons. The van der Waals surface area contributed by atoms with Gasteiger partial charge in [-0.15, -0.1) is 0 Å². The summed E-state index contributed by atoms with van der Waals surface area (Å²) in [7, 11) is -4.10. The molecule has 1 aromatic rings. The summed E-state index contributed by atoms with van der Waals surface area (Å²) in [5, 5.41) is 2.76. The molecule has 2 unspecified atom stereocenters. The molecule has 0 fully saturated rings. The molecule has 0 saturated carbocycles. The lowest BCUT2D eigenvalue weighted by Crippen LogP contribution is -2.49. The maximum absolute atomic E-state index is 13.7. The van der Waals surface area contributed by atoms with Gasteiger partial charge in [0.25, 0.3) is 0 Å². The molecule has 1 amide bonds. The van der Waals surface area contributed by atoms with Crippen LogP contribution in [-0.4, -0.2) is 38.4 Å². The molecular formula is C15H23FN2O3S2. The zero-order valence-electron chi connectivity index (χ0n) is 13.5. The molecule has 0 spiro atoms. The Hall–Kier alpha value is -1.12. The fourth-order valence-electron chi connectivity index (χ4n) is 1.84. The van der Waals surface area contributed by atoms with Gasteiger partial charge in [0.1, 0.15) is 16.8 Å². The van der Waals surface area contributed by atoms with Crippen molar-refractivity contribution in [3.05, 3.63) is 30.1 Å². The lowest BCUT2D eigenvalue weighted by molar-refractivity contribution is -0.123. The number of sulfonamides is 1. The lowest BCUT2D eigenvalue weighted by Gasteiger charge is -2.20. The van der Waals surface area contributed by atoms with Crippen molar-refractivity contribution >= 4 is 27.7 Å². The SMILES string of the molecule is CCC(C)NC(=O)C(CCSC)NS(=O)(=O)c1ccccc1F. The lowest BCUT2D eigenvalue weighted by atomic mass is 10.2. The Bertz CT molecular complexity index is 623. The molecule has 0 aromatic heterocycles. The average Bonchev–Trinajstić information content (AvgIpc) is 2.51. The molecule has 1 aromatic carbocycles. The fraction of sp³-hybridized carbons (Fsp3) is 0.533. The number of benzene rings is 1. The molecule has 5 nitrogen and oxygen atoms in total. The Balaban J connectivity index is 2.95. The smallest absolute Gasteiger partial charge is 0.244 e. The monoisotopic (exact) mass is 362 g/mol. The van der Waals surface area contributed by atoms with Crippen molar-refractivity contribution in [2.75, 3.05) is 12.0 Å². The van der Waals surface area contributed by atoms with E-state index in [0.29, 0.717) is 12.2 Å². The highest BCUT2D eigenvalue weighted by Crippen LogP contribution is 2.15. The number of rotatable bonds is 9. The van der Waals surface area contributed by atoms with Crippen LogP contribution in [0.15, 0.2) is 29.2 Å². The second-order valence-corrected chi connectivity index (χ2v) is 7.87. The van der Waals surface area contributed by atoms with Gasteiger partial charge >= 0.3 is 0 Å². The maximum atomic E-state index is 13.7. The Labute approximate surface area is 141 Å². The summed E-state index contributed by atoms with van der Waals surface area (Å²) in [6, 6.07) is 4.11. The second kappa shape index (κ2) is 9.24. The average molecular weight is 362 g/mol. The third-order valence-corrected chi connectivity index (χ3v) is 5.50. The molecule has 0 radical (unpaired) electrons. The Morgan fingerprint density at radius 3 is 2.57 bits per heavy atom. The van der Waals surface area contributed by atoms with Crippen LogP contribution in [0.4, 0.5) is 4.39 Å². The van der Waals surface area contributed by atoms with E-state index < -0.39 is 32.7 Å². The van der Waals surface area contributed by atoms with Crippen LogP contribution in [0, 0.1) is 5.82 Å². The van der Waals surface area contributed by atoms with Gasteiger partial charge in [-0.1, -0.05) is 19.1 Å². The summed E-state index contributed by atoms with van der Waals surface area (Å²) in [6.07, 6.45) is 2.94. The van der Waals surface area contributed by atoms with Crippen molar-refractivity contribution in [2.24, 2.45) is 0 Å². The van der Waals surface area contributed by atoms with Crippen LogP contribution in [-0.2, 0) is 14.8 Å². The van der Waals surface area contributed by atoms with E-state index in [9.17, 15) is 17.6 Å². The van der Waals surface area contributed by atoms with Crippen LogP contribution < -0.4 is 10.0 Å². The van der Waals surface area contributed by atoms with E-state index in [1.54, 1.807) is 0 Å². The van der Waals surface area contributed by atoms with Gasteiger partial charge in [-0.3, -0.25) is 4.79 Å². The minimum atomic E-state index is -4.10. The van der Waals surface area contributed by atoms with Gasteiger partial charge < -0.3 is 5.32 Å². The molecule has 0 bridgehead atoms. The summed E-state index contributed by atoms with van der Waals surface area (Å²) in [5.41, 5.74) is 0. The van der Waals surface area contributed by atoms with Gasteiger partial charge in [0.15, 0.2) is 0 Å². The molecule has 1 rings (SSSR count). The Kier molecular flexibility index (Phi) is 8.01. The minimum Gasteiger partial charge on any atom is -0.352 e. The van der Waals surface area contributed by atoms with E-state index in [2.05, 4.69) is 10.0 Å². The first-order valence-electron chi connectivity index (χ1n) is 7.38. The molecule has 23 heavy (non-hydrogen) atoms. The summed E-state index contributed by atoms with van der Waals surface area (Å²) >= 11 is 1.51. The summed E-state index contributed by atoms with van der Waals surface area (Å²) in [5.74, 6) is -0.627. The third kappa shape index (κ3) is 6.12. The predicted octanol–water partition coefficient (Wildman–Crippen LogP) is 2.14. The summed E-state index contributed by atoms with van der Waals surface area (Å²) < 4.78 is 40.7. The van der Waals surface area contributed by atoms with Crippen LogP contribution in [0.3, 0.4) is 0 Å². The van der Waals surface area contributed by atoms with Crippen LogP contribution in [0.2, 0.25) is 0 Å². The molecule has 2 atom stereocenters.